The molecule has 1 amide bonds. The molecule has 0 bridgehead atoms. The van der Waals surface area contributed by atoms with Crippen LogP contribution in [0.5, 0.6) is 0 Å². The van der Waals surface area contributed by atoms with Crippen molar-refractivity contribution in [1.29, 1.82) is 0 Å². The third-order valence-electron chi connectivity index (χ3n) is 4.15. The number of amides is 1. The Balaban J connectivity index is 1.67. The quantitative estimate of drug-likeness (QED) is 0.727. The Hall–Kier alpha value is -3.35. The maximum atomic E-state index is 12.9. The molecule has 6 nitrogen and oxygen atoms in total. The molecule has 3 rings (SSSR count). The number of nitrogens with one attached hydrogen (secondary N) is 1. The lowest BCUT2D eigenvalue weighted by Gasteiger charge is -2.15. The average Bonchev–Trinajstić information content (AvgIpc) is 2.70. The summed E-state index contributed by atoms with van der Waals surface area (Å²) in [6.07, 6.45) is 3.86. The first-order valence-electron chi connectivity index (χ1n) is 8.57. The fourth-order valence-electron chi connectivity index (χ4n) is 2.61. The standard InChI is InChI=1S/C20H19FN4O2/c1-14(20(27)23-12-10-15-4-6-17(21)7-5-15)25-19(26)9-8-18(24-25)16-3-2-11-22-13-16/h2-9,11,13-14H,10,12H2,1H3,(H,23,27). The lowest BCUT2D eigenvalue weighted by Crippen LogP contribution is -2.37. The fraction of sp³-hybridized carbons (Fsp3) is 0.200. The van der Waals surface area contributed by atoms with Crippen molar-refractivity contribution in [2.24, 2.45) is 0 Å². The van der Waals surface area contributed by atoms with E-state index in [0.717, 1.165) is 15.8 Å². The van der Waals surface area contributed by atoms with Gasteiger partial charge in [-0.3, -0.25) is 14.6 Å². The molecule has 1 N–H and O–H groups in total. The molecule has 0 radical (unpaired) electrons. The highest BCUT2D eigenvalue weighted by atomic mass is 19.1. The molecule has 0 saturated heterocycles. The van der Waals surface area contributed by atoms with Crippen molar-refractivity contribution in [1.82, 2.24) is 20.1 Å². The molecule has 3 aromatic rings. The van der Waals surface area contributed by atoms with Gasteiger partial charge in [0.2, 0.25) is 5.91 Å². The van der Waals surface area contributed by atoms with Gasteiger partial charge in [-0.2, -0.15) is 5.10 Å². The van der Waals surface area contributed by atoms with E-state index in [-0.39, 0.29) is 17.3 Å². The second-order valence-corrected chi connectivity index (χ2v) is 6.09. The van der Waals surface area contributed by atoms with Crippen LogP contribution in [0.25, 0.3) is 11.3 Å². The summed E-state index contributed by atoms with van der Waals surface area (Å²) in [4.78, 5) is 28.6. The molecule has 138 valence electrons. The van der Waals surface area contributed by atoms with E-state index in [1.165, 1.54) is 18.2 Å². The van der Waals surface area contributed by atoms with E-state index in [1.54, 1.807) is 43.6 Å². The van der Waals surface area contributed by atoms with Crippen LogP contribution in [0.2, 0.25) is 0 Å². The number of hydrogen-bond donors (Lipinski definition) is 1. The highest BCUT2D eigenvalue weighted by Crippen LogP contribution is 2.14. The monoisotopic (exact) mass is 366 g/mol. The molecular formula is C20H19FN4O2. The summed E-state index contributed by atoms with van der Waals surface area (Å²) in [7, 11) is 0. The second kappa shape index (κ2) is 8.35. The zero-order valence-corrected chi connectivity index (χ0v) is 14.8. The summed E-state index contributed by atoms with van der Waals surface area (Å²) in [6, 6.07) is 12.0. The Morgan fingerprint density at radius 1 is 1.19 bits per heavy atom. The van der Waals surface area contributed by atoms with Crippen LogP contribution >= 0.6 is 0 Å². The maximum absolute atomic E-state index is 12.9. The number of rotatable bonds is 6. The van der Waals surface area contributed by atoms with E-state index in [1.807, 2.05) is 6.07 Å². The highest BCUT2D eigenvalue weighted by molar-refractivity contribution is 5.79. The SMILES string of the molecule is CC(C(=O)NCCc1ccc(F)cc1)n1nc(-c2cccnc2)ccc1=O. The van der Waals surface area contributed by atoms with Crippen LogP contribution < -0.4 is 10.9 Å². The maximum Gasteiger partial charge on any atom is 0.267 e. The number of hydrogen-bond acceptors (Lipinski definition) is 4. The number of carbonyl (C=O) groups is 1. The largest absolute Gasteiger partial charge is 0.354 e. The molecule has 1 unspecified atom stereocenters. The molecule has 2 heterocycles. The van der Waals surface area contributed by atoms with Crippen molar-refractivity contribution >= 4 is 5.91 Å². The Kier molecular flexibility index (Phi) is 5.71. The zero-order valence-electron chi connectivity index (χ0n) is 14.8. The third kappa shape index (κ3) is 4.63. The molecule has 0 aliphatic carbocycles. The Morgan fingerprint density at radius 2 is 1.96 bits per heavy atom. The normalized spacial score (nSPS) is 11.8. The number of pyridine rings is 1. The van der Waals surface area contributed by atoms with E-state index in [9.17, 15) is 14.0 Å². The van der Waals surface area contributed by atoms with Gasteiger partial charge in [-0.05, 0) is 49.2 Å². The van der Waals surface area contributed by atoms with Gasteiger partial charge in [0.25, 0.3) is 5.56 Å². The molecule has 1 atom stereocenters. The Bertz CT molecular complexity index is 971. The van der Waals surface area contributed by atoms with Gasteiger partial charge in [-0.1, -0.05) is 12.1 Å². The van der Waals surface area contributed by atoms with Gasteiger partial charge < -0.3 is 5.32 Å². The van der Waals surface area contributed by atoms with Gasteiger partial charge in [0.15, 0.2) is 0 Å². The molecule has 0 saturated carbocycles. The predicted molar refractivity (Wildman–Crippen MR) is 99.6 cm³/mol. The highest BCUT2D eigenvalue weighted by Gasteiger charge is 2.17. The lowest BCUT2D eigenvalue weighted by atomic mass is 10.1. The minimum atomic E-state index is -0.762. The Labute approximate surface area is 155 Å². The number of benzene rings is 1. The second-order valence-electron chi connectivity index (χ2n) is 6.09. The third-order valence-corrected chi connectivity index (χ3v) is 4.15. The van der Waals surface area contributed by atoms with E-state index in [0.29, 0.717) is 18.7 Å². The van der Waals surface area contributed by atoms with Crippen molar-refractivity contribution in [2.75, 3.05) is 6.54 Å². The molecular weight excluding hydrogens is 347 g/mol. The first kappa shape index (κ1) is 18.4. The molecule has 1 aromatic carbocycles. The van der Waals surface area contributed by atoms with Crippen LogP contribution in [-0.4, -0.2) is 27.2 Å². The Morgan fingerprint density at radius 3 is 2.67 bits per heavy atom. The molecule has 0 spiro atoms. The lowest BCUT2D eigenvalue weighted by molar-refractivity contribution is -0.124. The summed E-state index contributed by atoms with van der Waals surface area (Å²) in [5, 5.41) is 7.09. The van der Waals surface area contributed by atoms with Gasteiger partial charge in [0.1, 0.15) is 11.9 Å². The zero-order chi connectivity index (χ0) is 19.2. The summed E-state index contributed by atoms with van der Waals surface area (Å²) in [6.45, 7) is 2.00. The molecule has 0 aliphatic heterocycles. The minimum Gasteiger partial charge on any atom is -0.354 e. The van der Waals surface area contributed by atoms with Crippen LogP contribution in [0.4, 0.5) is 4.39 Å². The fourth-order valence-corrected chi connectivity index (χ4v) is 2.61. The first-order chi connectivity index (χ1) is 13.0. The van der Waals surface area contributed by atoms with Crippen molar-refractivity contribution in [3.63, 3.8) is 0 Å². The number of nitrogens with zero attached hydrogens (tertiary/aromatic N) is 3. The van der Waals surface area contributed by atoms with Gasteiger partial charge in [0, 0.05) is 30.6 Å². The van der Waals surface area contributed by atoms with Crippen molar-refractivity contribution in [3.8, 4) is 11.3 Å². The van der Waals surface area contributed by atoms with Crippen LogP contribution in [0.1, 0.15) is 18.5 Å². The van der Waals surface area contributed by atoms with Gasteiger partial charge in [-0.25, -0.2) is 9.07 Å². The molecule has 7 heteroatoms. The van der Waals surface area contributed by atoms with Crippen LogP contribution in [0.15, 0.2) is 65.7 Å². The number of halogens is 1. The smallest absolute Gasteiger partial charge is 0.267 e. The number of carbonyl (C=O) groups excluding carboxylic acids is 1. The summed E-state index contributed by atoms with van der Waals surface area (Å²) >= 11 is 0. The van der Waals surface area contributed by atoms with Crippen molar-refractivity contribution < 1.29 is 9.18 Å². The molecule has 0 aliphatic rings. The van der Waals surface area contributed by atoms with Gasteiger partial charge in [-0.15, -0.1) is 0 Å². The minimum absolute atomic E-state index is 0.296. The van der Waals surface area contributed by atoms with Crippen LogP contribution in [0.3, 0.4) is 0 Å². The molecule has 27 heavy (non-hydrogen) atoms. The van der Waals surface area contributed by atoms with Crippen LogP contribution in [-0.2, 0) is 11.2 Å². The van der Waals surface area contributed by atoms with Gasteiger partial charge >= 0.3 is 0 Å². The van der Waals surface area contributed by atoms with Crippen molar-refractivity contribution in [2.45, 2.75) is 19.4 Å². The summed E-state index contributed by atoms with van der Waals surface area (Å²) in [5.74, 6) is -0.606. The molecule has 2 aromatic heterocycles. The van der Waals surface area contributed by atoms with Crippen LogP contribution in [0, 0.1) is 5.82 Å². The predicted octanol–water partition coefficient (Wildman–Crippen LogP) is 2.36. The number of aromatic nitrogens is 3. The average molecular weight is 366 g/mol. The molecule has 0 fully saturated rings. The van der Waals surface area contributed by atoms with Crippen molar-refractivity contribution in [3.05, 3.63) is 82.7 Å². The summed E-state index contributed by atoms with van der Waals surface area (Å²) < 4.78 is 14.1. The van der Waals surface area contributed by atoms with E-state index < -0.39 is 6.04 Å². The topological polar surface area (TPSA) is 76.9 Å². The van der Waals surface area contributed by atoms with E-state index >= 15 is 0 Å². The van der Waals surface area contributed by atoms with Gasteiger partial charge in [0.05, 0.1) is 5.69 Å². The first-order valence-corrected chi connectivity index (χ1v) is 8.57. The summed E-state index contributed by atoms with van der Waals surface area (Å²) in [5.41, 5.74) is 1.88. The van der Waals surface area contributed by atoms with E-state index in [2.05, 4.69) is 15.4 Å². The van der Waals surface area contributed by atoms with E-state index in [4.69, 9.17) is 0 Å².